The first-order valence-corrected chi connectivity index (χ1v) is 5.28. The van der Waals surface area contributed by atoms with Gasteiger partial charge in [0, 0.05) is 19.5 Å². The Hall–Kier alpha value is -0.247. The first-order valence-electron chi connectivity index (χ1n) is 4.05. The van der Waals surface area contributed by atoms with Gasteiger partial charge >= 0.3 is 0 Å². The monoisotopic (exact) mass is 275 g/mol. The van der Waals surface area contributed by atoms with Crippen LogP contribution in [-0.4, -0.2) is 11.6 Å². The van der Waals surface area contributed by atoms with Crippen LogP contribution in [0.4, 0.5) is 0 Å². The number of thiazole rings is 1. The summed E-state index contributed by atoms with van der Waals surface area (Å²) in [7, 11) is 0. The third kappa shape index (κ3) is 2.41. The van der Waals surface area contributed by atoms with E-state index in [-0.39, 0.29) is 19.5 Å². The van der Waals surface area contributed by atoms with E-state index in [0.29, 0.717) is 6.61 Å². The topological polar surface area (TPSA) is 25.0 Å². The molecule has 0 unspecified atom stereocenters. The molecule has 2 rings (SSSR count). The number of hydrogen-bond donors (Lipinski definition) is 1. The summed E-state index contributed by atoms with van der Waals surface area (Å²) in [6, 6.07) is 5.95. The van der Waals surface area contributed by atoms with Crippen molar-refractivity contribution in [2.45, 2.75) is 6.92 Å². The average Bonchev–Trinajstić information content (AvgIpc) is 2.44. The van der Waals surface area contributed by atoms with Crippen molar-refractivity contribution in [2.24, 2.45) is 0 Å². The molecule has 0 radical (unpaired) electrons. The fraction of sp³-hybridized carbons (Fsp3) is 0.222. The molecule has 1 N–H and O–H groups in total. The number of rotatable bonds is 2. The van der Waals surface area contributed by atoms with Gasteiger partial charge in [-0.3, -0.25) is 0 Å². The predicted octanol–water partition coefficient (Wildman–Crippen LogP) is 3.36. The predicted molar refractivity (Wildman–Crippen MR) is 58.2 cm³/mol. The van der Waals surface area contributed by atoms with Crippen molar-refractivity contribution in [3.8, 4) is 5.75 Å². The van der Waals surface area contributed by atoms with Crippen LogP contribution in [0.15, 0.2) is 18.2 Å². The second-order valence-corrected chi connectivity index (χ2v) is 4.32. The molecule has 5 heteroatoms. The normalized spacial score (nSPS) is 9.79. The quantitative estimate of drug-likeness (QED) is 0.672. The number of nitrogens with one attached hydrogen (secondary N) is 1. The van der Waals surface area contributed by atoms with Crippen molar-refractivity contribution >= 4 is 33.8 Å². The summed E-state index contributed by atoms with van der Waals surface area (Å²) in [6.45, 7) is 2.67. The van der Waals surface area contributed by atoms with Crippen LogP contribution in [0.5, 0.6) is 5.75 Å². The van der Waals surface area contributed by atoms with Crippen LogP contribution in [0.3, 0.4) is 0 Å². The molecule has 0 fully saturated rings. The molecule has 0 spiro atoms. The second-order valence-electron chi connectivity index (χ2n) is 2.61. The first kappa shape index (κ1) is 11.8. The number of hydrogen-bond acceptors (Lipinski definition) is 3. The molecule has 0 amide bonds. The molecular weight excluding hydrogens is 268 g/mol. The third-order valence-electron chi connectivity index (χ3n) is 1.70. The molecule has 2 nitrogen and oxygen atoms in total. The van der Waals surface area contributed by atoms with Crippen LogP contribution in [0.1, 0.15) is 6.92 Å². The summed E-state index contributed by atoms with van der Waals surface area (Å²) >= 11 is 6.61. The molecule has 0 bridgehead atoms. The van der Waals surface area contributed by atoms with E-state index in [1.54, 1.807) is 11.3 Å². The van der Waals surface area contributed by atoms with Gasteiger partial charge in [0.15, 0.2) is 3.95 Å². The Morgan fingerprint density at radius 1 is 1.50 bits per heavy atom. The number of ether oxygens (including phenoxy) is 1. The Bertz CT molecular complexity index is 477. The zero-order chi connectivity index (χ0) is 9.26. The van der Waals surface area contributed by atoms with Crippen LogP contribution in [-0.2, 0) is 19.5 Å². The van der Waals surface area contributed by atoms with Gasteiger partial charge in [0.05, 0.1) is 16.8 Å². The Labute approximate surface area is 104 Å². The van der Waals surface area contributed by atoms with Crippen molar-refractivity contribution in [2.75, 3.05) is 6.61 Å². The Balaban J connectivity index is 0.000000980. The molecule has 14 heavy (non-hydrogen) atoms. The molecule has 2 aromatic rings. The van der Waals surface area contributed by atoms with E-state index in [4.69, 9.17) is 17.0 Å². The van der Waals surface area contributed by atoms with Crippen molar-refractivity contribution in [3.63, 3.8) is 0 Å². The van der Waals surface area contributed by atoms with Gasteiger partial charge in [-0.05, 0) is 37.3 Å². The standard InChI is InChI=1S/C9H9NOS2.Zn/c1-2-11-6-3-4-7-8(5-6)13-9(12)10-7;/h3-5H,2H2,1H3,(H,10,12);. The van der Waals surface area contributed by atoms with Crippen LogP contribution in [0, 0.1) is 3.95 Å². The summed E-state index contributed by atoms with van der Waals surface area (Å²) < 4.78 is 7.34. The first-order chi connectivity index (χ1) is 6.29. The van der Waals surface area contributed by atoms with E-state index in [2.05, 4.69) is 4.98 Å². The summed E-state index contributed by atoms with van der Waals surface area (Å²) in [5.41, 5.74) is 1.08. The van der Waals surface area contributed by atoms with E-state index in [9.17, 15) is 0 Å². The minimum atomic E-state index is 0. The number of aromatic nitrogens is 1. The molecule has 1 heterocycles. The molecule has 0 aliphatic rings. The Morgan fingerprint density at radius 2 is 2.29 bits per heavy atom. The van der Waals surface area contributed by atoms with Crippen molar-refractivity contribution in [1.29, 1.82) is 0 Å². The van der Waals surface area contributed by atoms with E-state index in [0.717, 1.165) is 19.9 Å². The molecule has 1 aromatic carbocycles. The van der Waals surface area contributed by atoms with Gasteiger partial charge in [0.25, 0.3) is 0 Å². The molecule has 0 aliphatic carbocycles. The minimum absolute atomic E-state index is 0. The van der Waals surface area contributed by atoms with Crippen LogP contribution in [0.25, 0.3) is 10.2 Å². The van der Waals surface area contributed by atoms with E-state index in [1.165, 1.54) is 0 Å². The van der Waals surface area contributed by atoms with Crippen LogP contribution in [0.2, 0.25) is 0 Å². The molecule has 1 aromatic heterocycles. The molecule has 0 atom stereocenters. The number of aromatic amines is 1. The summed E-state index contributed by atoms with van der Waals surface area (Å²) in [5.74, 6) is 0.903. The Morgan fingerprint density at radius 3 is 3.00 bits per heavy atom. The van der Waals surface area contributed by atoms with Gasteiger partial charge in [0.1, 0.15) is 5.75 Å². The van der Waals surface area contributed by atoms with Crippen molar-refractivity contribution < 1.29 is 24.2 Å². The second kappa shape index (κ2) is 5.01. The number of H-pyrrole nitrogens is 1. The van der Waals surface area contributed by atoms with Crippen molar-refractivity contribution in [1.82, 2.24) is 4.98 Å². The average molecular weight is 277 g/mol. The summed E-state index contributed by atoms with van der Waals surface area (Å²) in [6.07, 6.45) is 0. The van der Waals surface area contributed by atoms with Gasteiger partial charge in [-0.2, -0.15) is 0 Å². The van der Waals surface area contributed by atoms with Gasteiger partial charge in [-0.25, -0.2) is 0 Å². The van der Waals surface area contributed by atoms with Gasteiger partial charge in [-0.1, -0.05) is 0 Å². The number of benzene rings is 1. The Kier molecular flexibility index (Phi) is 4.23. The van der Waals surface area contributed by atoms with E-state index in [1.807, 2.05) is 25.1 Å². The molecule has 0 saturated carbocycles. The van der Waals surface area contributed by atoms with Gasteiger partial charge < -0.3 is 9.72 Å². The van der Waals surface area contributed by atoms with Crippen molar-refractivity contribution in [3.05, 3.63) is 22.2 Å². The molecule has 70 valence electrons. The minimum Gasteiger partial charge on any atom is -0.494 e. The smallest absolute Gasteiger partial charge is 0.159 e. The van der Waals surface area contributed by atoms with E-state index < -0.39 is 0 Å². The summed E-state index contributed by atoms with van der Waals surface area (Å²) in [5, 5.41) is 0. The third-order valence-corrected chi connectivity index (χ3v) is 2.90. The van der Waals surface area contributed by atoms with Crippen LogP contribution < -0.4 is 4.74 Å². The molecule has 0 saturated heterocycles. The molecule has 0 aliphatic heterocycles. The number of fused-ring (bicyclic) bond motifs is 1. The molecular formula is C9H9NOS2Zn. The zero-order valence-corrected chi connectivity index (χ0v) is 12.5. The van der Waals surface area contributed by atoms with Crippen LogP contribution >= 0.6 is 23.6 Å². The fourth-order valence-corrected chi connectivity index (χ4v) is 2.33. The summed E-state index contributed by atoms with van der Waals surface area (Å²) in [4.78, 5) is 3.11. The maximum Gasteiger partial charge on any atom is 0.159 e. The van der Waals surface area contributed by atoms with Gasteiger partial charge in [0.2, 0.25) is 0 Å². The fourth-order valence-electron chi connectivity index (χ4n) is 1.18. The van der Waals surface area contributed by atoms with E-state index >= 15 is 0 Å². The largest absolute Gasteiger partial charge is 0.494 e. The zero-order valence-electron chi connectivity index (χ0n) is 7.87. The maximum atomic E-state index is 5.38. The van der Waals surface area contributed by atoms with Gasteiger partial charge in [-0.15, -0.1) is 11.3 Å². The maximum absolute atomic E-state index is 5.38. The SMILES string of the molecule is CCOc1ccc2[nH]c(=S)sc2c1.[Zn].